The molecule has 5 heteroatoms. The highest BCUT2D eigenvalue weighted by molar-refractivity contribution is 7.46. The highest BCUT2D eigenvalue weighted by Gasteiger charge is 2.33. The summed E-state index contributed by atoms with van der Waals surface area (Å²) in [6.45, 7) is 5.94. The number of phosphoric acid groups is 1. The first kappa shape index (κ1) is 10.8. The van der Waals surface area contributed by atoms with Crippen molar-refractivity contribution in [3.63, 3.8) is 0 Å². The first-order valence-corrected chi connectivity index (χ1v) is 5.71. The molecule has 0 fully saturated rings. The molecule has 0 saturated heterocycles. The van der Waals surface area contributed by atoms with Crippen LogP contribution in [-0.4, -0.2) is 9.79 Å². The van der Waals surface area contributed by atoms with Gasteiger partial charge >= 0.3 is 7.82 Å². The number of hydrogen-bond donors (Lipinski definition) is 2. The van der Waals surface area contributed by atoms with E-state index in [9.17, 15) is 4.57 Å². The molecule has 0 aliphatic heterocycles. The third-order valence-corrected chi connectivity index (χ3v) is 3.10. The molecule has 0 bridgehead atoms. The third-order valence-electron chi connectivity index (χ3n) is 2.64. The molecule has 0 saturated carbocycles. The number of rotatable bonds is 2. The maximum Gasteiger partial charge on any atom is 0.524 e. The summed E-state index contributed by atoms with van der Waals surface area (Å²) in [6.07, 6.45) is 1.50. The topological polar surface area (TPSA) is 66.8 Å². The summed E-state index contributed by atoms with van der Waals surface area (Å²) in [4.78, 5) is 17.2. The number of hydrogen-bond acceptors (Lipinski definition) is 2. The van der Waals surface area contributed by atoms with Crippen molar-refractivity contribution in [1.29, 1.82) is 0 Å². The maximum absolute atomic E-state index is 10.6. The molecule has 0 aromatic rings. The highest BCUT2D eigenvalue weighted by atomic mass is 31.2. The molecule has 0 radical (unpaired) electrons. The van der Waals surface area contributed by atoms with Crippen LogP contribution < -0.4 is 0 Å². The van der Waals surface area contributed by atoms with Crippen LogP contribution in [-0.2, 0) is 9.09 Å². The first-order chi connectivity index (χ1) is 5.72. The molecule has 0 aromatic carbocycles. The fraction of sp³-hybridized carbons (Fsp3) is 0.750. The molecular formula is C8H15O4P. The molecule has 0 aromatic heterocycles. The summed E-state index contributed by atoms with van der Waals surface area (Å²) < 4.78 is 15.2. The summed E-state index contributed by atoms with van der Waals surface area (Å²) in [5, 5.41) is 0. The fourth-order valence-electron chi connectivity index (χ4n) is 1.44. The molecule has 0 heterocycles. The van der Waals surface area contributed by atoms with E-state index in [4.69, 9.17) is 9.79 Å². The Morgan fingerprint density at radius 2 is 2.00 bits per heavy atom. The van der Waals surface area contributed by atoms with Crippen LogP contribution in [0.4, 0.5) is 0 Å². The normalized spacial score (nSPS) is 22.2. The minimum absolute atomic E-state index is 0.00447. The van der Waals surface area contributed by atoms with Gasteiger partial charge < -0.3 is 4.52 Å². The first-order valence-electron chi connectivity index (χ1n) is 4.18. The van der Waals surface area contributed by atoms with Gasteiger partial charge in [-0.25, -0.2) is 4.57 Å². The lowest BCUT2D eigenvalue weighted by Crippen LogP contribution is -2.07. The largest absolute Gasteiger partial charge is 0.524 e. The average Bonchev–Trinajstić information content (AvgIpc) is 2.13. The number of allylic oxidation sites excluding steroid dienone is 2. The molecule has 4 nitrogen and oxygen atoms in total. The summed E-state index contributed by atoms with van der Waals surface area (Å²) in [6, 6.07) is 0. The minimum Gasteiger partial charge on any atom is -0.409 e. The highest BCUT2D eigenvalue weighted by Crippen LogP contribution is 2.48. The van der Waals surface area contributed by atoms with Crippen molar-refractivity contribution < 1.29 is 18.9 Å². The van der Waals surface area contributed by atoms with Crippen molar-refractivity contribution >= 4 is 7.82 Å². The van der Waals surface area contributed by atoms with Gasteiger partial charge in [0.25, 0.3) is 0 Å². The Hall–Kier alpha value is -0.310. The summed E-state index contributed by atoms with van der Waals surface area (Å²) in [7, 11) is -4.37. The van der Waals surface area contributed by atoms with E-state index in [-0.39, 0.29) is 5.41 Å². The van der Waals surface area contributed by atoms with Crippen LogP contribution in [0, 0.1) is 5.41 Å². The van der Waals surface area contributed by atoms with Gasteiger partial charge in [-0.15, -0.1) is 0 Å². The van der Waals surface area contributed by atoms with Crippen molar-refractivity contribution in [3.8, 4) is 0 Å². The SMILES string of the molecule is CC1=C(OP(=O)(O)O)CCC1(C)C. The molecule has 13 heavy (non-hydrogen) atoms. The van der Waals surface area contributed by atoms with Gasteiger partial charge in [0, 0.05) is 6.42 Å². The minimum atomic E-state index is -4.37. The Balaban J connectivity index is 2.84. The van der Waals surface area contributed by atoms with Gasteiger partial charge in [0.1, 0.15) is 5.76 Å². The smallest absolute Gasteiger partial charge is 0.409 e. The number of phosphoric ester groups is 1. The molecule has 2 N–H and O–H groups in total. The van der Waals surface area contributed by atoms with Gasteiger partial charge in [-0.05, 0) is 24.3 Å². The quantitative estimate of drug-likeness (QED) is 0.679. The van der Waals surface area contributed by atoms with Crippen LogP contribution in [0.3, 0.4) is 0 Å². The van der Waals surface area contributed by atoms with Crippen LogP contribution in [0.15, 0.2) is 11.3 Å². The lowest BCUT2D eigenvalue weighted by molar-refractivity contribution is 0.237. The van der Waals surface area contributed by atoms with Crippen molar-refractivity contribution in [3.05, 3.63) is 11.3 Å². The van der Waals surface area contributed by atoms with E-state index in [1.807, 2.05) is 20.8 Å². The van der Waals surface area contributed by atoms with E-state index < -0.39 is 7.82 Å². The maximum atomic E-state index is 10.6. The van der Waals surface area contributed by atoms with Crippen molar-refractivity contribution in [2.45, 2.75) is 33.6 Å². The molecule has 76 valence electrons. The van der Waals surface area contributed by atoms with Gasteiger partial charge in [-0.3, -0.25) is 9.79 Å². The summed E-state index contributed by atoms with van der Waals surface area (Å²) in [5.74, 6) is 0.457. The standard InChI is InChI=1S/C8H15O4P/c1-6-7(12-13(9,10)11)4-5-8(6,2)3/h4-5H2,1-3H3,(H2,9,10,11). The molecule has 1 rings (SSSR count). The monoisotopic (exact) mass is 206 g/mol. The van der Waals surface area contributed by atoms with Crippen LogP contribution in [0.1, 0.15) is 33.6 Å². The van der Waals surface area contributed by atoms with E-state index in [0.717, 1.165) is 12.0 Å². The lowest BCUT2D eigenvalue weighted by atomic mass is 9.87. The lowest BCUT2D eigenvalue weighted by Gasteiger charge is -2.18. The fourth-order valence-corrected chi connectivity index (χ4v) is 1.95. The van der Waals surface area contributed by atoms with Gasteiger partial charge in [-0.2, -0.15) is 0 Å². The van der Waals surface area contributed by atoms with Gasteiger partial charge in [0.15, 0.2) is 0 Å². The zero-order valence-corrected chi connectivity index (χ0v) is 8.97. The Morgan fingerprint density at radius 1 is 1.46 bits per heavy atom. The van der Waals surface area contributed by atoms with Crippen LogP contribution in [0.25, 0.3) is 0 Å². The van der Waals surface area contributed by atoms with Crippen LogP contribution in [0.5, 0.6) is 0 Å². The third kappa shape index (κ3) is 2.56. The Morgan fingerprint density at radius 3 is 2.31 bits per heavy atom. The van der Waals surface area contributed by atoms with E-state index in [0.29, 0.717) is 12.2 Å². The second kappa shape index (κ2) is 3.12. The zero-order chi connectivity index (χ0) is 10.3. The second-order valence-corrected chi connectivity index (χ2v) is 5.18. The molecule has 1 aliphatic rings. The van der Waals surface area contributed by atoms with Gasteiger partial charge in [0.05, 0.1) is 0 Å². The van der Waals surface area contributed by atoms with Crippen LogP contribution >= 0.6 is 7.82 Å². The Bertz CT molecular complexity index is 287. The average molecular weight is 206 g/mol. The summed E-state index contributed by atoms with van der Waals surface area (Å²) >= 11 is 0. The van der Waals surface area contributed by atoms with Gasteiger partial charge in [0.2, 0.25) is 0 Å². The Kier molecular flexibility index (Phi) is 2.59. The van der Waals surface area contributed by atoms with Crippen molar-refractivity contribution in [1.82, 2.24) is 0 Å². The molecule has 0 atom stereocenters. The van der Waals surface area contributed by atoms with Crippen molar-refractivity contribution in [2.75, 3.05) is 0 Å². The van der Waals surface area contributed by atoms with E-state index in [1.165, 1.54) is 0 Å². The second-order valence-electron chi connectivity index (χ2n) is 4.01. The molecule has 0 spiro atoms. The Labute approximate surface area is 77.9 Å². The van der Waals surface area contributed by atoms with E-state index in [1.54, 1.807) is 0 Å². The summed E-state index contributed by atoms with van der Waals surface area (Å²) in [5.41, 5.74) is 0.945. The van der Waals surface area contributed by atoms with Crippen molar-refractivity contribution in [2.24, 2.45) is 5.41 Å². The van der Waals surface area contributed by atoms with E-state index >= 15 is 0 Å². The molecular weight excluding hydrogens is 191 g/mol. The predicted octanol–water partition coefficient (Wildman–Crippen LogP) is 2.19. The zero-order valence-electron chi connectivity index (χ0n) is 8.07. The molecule has 0 amide bonds. The molecule has 0 unspecified atom stereocenters. The predicted molar refractivity (Wildman–Crippen MR) is 48.8 cm³/mol. The van der Waals surface area contributed by atoms with E-state index in [2.05, 4.69) is 4.52 Å². The van der Waals surface area contributed by atoms with Crippen LogP contribution in [0.2, 0.25) is 0 Å². The van der Waals surface area contributed by atoms with Gasteiger partial charge in [-0.1, -0.05) is 13.8 Å². The molecule has 1 aliphatic carbocycles.